The molecule has 1 fully saturated rings. The molecule has 0 atom stereocenters. The second-order valence-corrected chi connectivity index (χ2v) is 4.54. The number of hydrogen-bond donors (Lipinski definition) is 1. The van der Waals surface area contributed by atoms with Crippen molar-refractivity contribution in [3.05, 3.63) is 35.6 Å². The number of rotatable bonds is 6. The Labute approximate surface area is 102 Å². The zero-order chi connectivity index (χ0) is 12.1. The van der Waals surface area contributed by atoms with Gasteiger partial charge in [0, 0.05) is 19.2 Å². The van der Waals surface area contributed by atoms with Crippen molar-refractivity contribution >= 4 is 0 Å². The smallest absolute Gasteiger partial charge is 0.126 e. The molecule has 0 heterocycles. The molecule has 0 bridgehead atoms. The van der Waals surface area contributed by atoms with Gasteiger partial charge in [0.05, 0.1) is 6.61 Å². The van der Waals surface area contributed by atoms with E-state index in [9.17, 15) is 4.39 Å². The van der Waals surface area contributed by atoms with E-state index in [1.165, 1.54) is 0 Å². The molecule has 0 saturated heterocycles. The highest BCUT2D eigenvalue weighted by Crippen LogP contribution is 2.37. The van der Waals surface area contributed by atoms with E-state index in [-0.39, 0.29) is 5.82 Å². The fourth-order valence-electron chi connectivity index (χ4n) is 2.32. The molecular weight excluding hydrogens is 217 g/mol. The third-order valence-electron chi connectivity index (χ3n) is 3.37. The normalized spacial score (nSPS) is 23.4. The van der Waals surface area contributed by atoms with Gasteiger partial charge in [0.1, 0.15) is 5.82 Å². The second-order valence-electron chi connectivity index (χ2n) is 4.54. The Morgan fingerprint density at radius 2 is 2.12 bits per heavy atom. The van der Waals surface area contributed by atoms with Crippen molar-refractivity contribution < 1.29 is 9.13 Å². The van der Waals surface area contributed by atoms with Gasteiger partial charge in [-0.05, 0) is 37.3 Å². The van der Waals surface area contributed by atoms with Crippen LogP contribution in [0.3, 0.4) is 0 Å². The molecule has 0 radical (unpaired) electrons. The minimum absolute atomic E-state index is 0.0646. The van der Waals surface area contributed by atoms with Gasteiger partial charge in [-0.15, -0.1) is 0 Å². The van der Waals surface area contributed by atoms with Gasteiger partial charge in [-0.25, -0.2) is 4.39 Å². The lowest BCUT2D eigenvalue weighted by Crippen LogP contribution is -2.41. The summed E-state index contributed by atoms with van der Waals surface area (Å²) in [5.41, 5.74) is 0.871. The highest BCUT2D eigenvalue weighted by atomic mass is 19.1. The fourth-order valence-corrected chi connectivity index (χ4v) is 2.32. The van der Waals surface area contributed by atoms with E-state index in [0.717, 1.165) is 38.2 Å². The molecule has 2 nitrogen and oxygen atoms in total. The molecule has 3 heteroatoms. The van der Waals surface area contributed by atoms with Crippen LogP contribution in [0.4, 0.5) is 4.39 Å². The molecule has 2 rings (SSSR count). The van der Waals surface area contributed by atoms with Gasteiger partial charge in [0.15, 0.2) is 0 Å². The van der Waals surface area contributed by atoms with Crippen LogP contribution in [0, 0.1) is 5.82 Å². The first-order chi connectivity index (χ1) is 8.31. The van der Waals surface area contributed by atoms with Gasteiger partial charge in [-0.1, -0.05) is 18.2 Å². The monoisotopic (exact) mass is 237 g/mol. The number of ether oxygens (including phenoxy) is 1. The molecule has 1 aromatic rings. The van der Waals surface area contributed by atoms with Gasteiger partial charge in [0.25, 0.3) is 0 Å². The number of halogens is 1. The van der Waals surface area contributed by atoms with Crippen LogP contribution in [0.5, 0.6) is 0 Å². The van der Waals surface area contributed by atoms with E-state index in [1.54, 1.807) is 12.1 Å². The van der Waals surface area contributed by atoms with Gasteiger partial charge >= 0.3 is 0 Å². The molecule has 1 N–H and O–H groups in total. The third-order valence-corrected chi connectivity index (χ3v) is 3.37. The first-order valence-corrected chi connectivity index (χ1v) is 6.36. The second kappa shape index (κ2) is 6.12. The summed E-state index contributed by atoms with van der Waals surface area (Å²) in [7, 11) is 0. The van der Waals surface area contributed by atoms with Crippen LogP contribution < -0.4 is 5.32 Å². The summed E-state index contributed by atoms with van der Waals surface area (Å²) in [5.74, 6) is 0.325. The molecule has 1 aromatic carbocycles. The van der Waals surface area contributed by atoms with Crippen molar-refractivity contribution in [1.29, 1.82) is 0 Å². The number of hydrogen-bond acceptors (Lipinski definition) is 2. The Balaban J connectivity index is 1.70. The van der Waals surface area contributed by atoms with Crippen LogP contribution in [-0.4, -0.2) is 25.8 Å². The molecule has 0 amide bonds. The Morgan fingerprint density at radius 3 is 2.82 bits per heavy atom. The first kappa shape index (κ1) is 12.5. The SMILES string of the molecule is CCOCCNC1CC(c2ccccc2F)C1. The molecule has 94 valence electrons. The van der Waals surface area contributed by atoms with E-state index in [1.807, 2.05) is 19.1 Å². The van der Waals surface area contributed by atoms with Gasteiger partial charge in [0.2, 0.25) is 0 Å². The van der Waals surface area contributed by atoms with E-state index in [4.69, 9.17) is 4.74 Å². The molecule has 17 heavy (non-hydrogen) atoms. The van der Waals surface area contributed by atoms with Crippen molar-refractivity contribution in [2.75, 3.05) is 19.8 Å². The molecule has 0 aliphatic heterocycles. The van der Waals surface area contributed by atoms with Crippen LogP contribution in [0.25, 0.3) is 0 Å². The summed E-state index contributed by atoms with van der Waals surface area (Å²) in [6.45, 7) is 4.42. The molecule has 0 spiro atoms. The average Bonchev–Trinajstić information content (AvgIpc) is 2.28. The summed E-state index contributed by atoms with van der Waals surface area (Å²) in [4.78, 5) is 0. The molecule has 1 aliphatic rings. The molecular formula is C14H20FNO. The summed E-state index contributed by atoms with van der Waals surface area (Å²) >= 11 is 0. The highest BCUT2D eigenvalue weighted by molar-refractivity contribution is 5.24. The van der Waals surface area contributed by atoms with Crippen molar-refractivity contribution in [2.45, 2.75) is 31.7 Å². The quantitative estimate of drug-likeness (QED) is 0.768. The van der Waals surface area contributed by atoms with Crippen LogP contribution >= 0.6 is 0 Å². The minimum atomic E-state index is -0.0646. The Hall–Kier alpha value is -0.930. The Kier molecular flexibility index (Phi) is 4.51. The topological polar surface area (TPSA) is 21.3 Å². The number of benzene rings is 1. The predicted molar refractivity (Wildman–Crippen MR) is 66.7 cm³/mol. The zero-order valence-electron chi connectivity index (χ0n) is 10.3. The lowest BCUT2D eigenvalue weighted by molar-refractivity contribution is 0.140. The van der Waals surface area contributed by atoms with E-state index in [0.29, 0.717) is 12.0 Å². The lowest BCUT2D eigenvalue weighted by Gasteiger charge is -2.36. The van der Waals surface area contributed by atoms with Crippen LogP contribution in [0.15, 0.2) is 24.3 Å². The maximum Gasteiger partial charge on any atom is 0.126 e. The number of nitrogens with one attached hydrogen (secondary N) is 1. The third kappa shape index (κ3) is 3.27. The van der Waals surface area contributed by atoms with Gasteiger partial charge in [-0.2, -0.15) is 0 Å². The zero-order valence-corrected chi connectivity index (χ0v) is 10.3. The molecule has 0 aromatic heterocycles. The molecule has 1 aliphatic carbocycles. The highest BCUT2D eigenvalue weighted by Gasteiger charge is 2.31. The van der Waals surface area contributed by atoms with Crippen LogP contribution in [0.2, 0.25) is 0 Å². The molecule has 1 saturated carbocycles. The van der Waals surface area contributed by atoms with Crippen molar-refractivity contribution in [2.24, 2.45) is 0 Å². The standard InChI is InChI=1S/C14H20FNO/c1-2-17-8-7-16-12-9-11(10-12)13-5-3-4-6-14(13)15/h3-6,11-12,16H,2,7-10H2,1H3. The van der Waals surface area contributed by atoms with E-state index < -0.39 is 0 Å². The minimum Gasteiger partial charge on any atom is -0.380 e. The maximum absolute atomic E-state index is 13.5. The summed E-state index contributed by atoms with van der Waals surface area (Å²) < 4.78 is 18.8. The van der Waals surface area contributed by atoms with E-state index in [2.05, 4.69) is 5.32 Å². The lowest BCUT2D eigenvalue weighted by atomic mass is 9.75. The summed E-state index contributed by atoms with van der Waals surface area (Å²) in [5, 5.41) is 3.43. The largest absolute Gasteiger partial charge is 0.380 e. The molecule has 0 unspecified atom stereocenters. The summed E-state index contributed by atoms with van der Waals surface area (Å²) in [6.07, 6.45) is 2.07. The van der Waals surface area contributed by atoms with Crippen molar-refractivity contribution in [3.8, 4) is 0 Å². The van der Waals surface area contributed by atoms with Gasteiger partial charge in [-0.3, -0.25) is 0 Å². The maximum atomic E-state index is 13.5. The van der Waals surface area contributed by atoms with Crippen molar-refractivity contribution in [1.82, 2.24) is 5.32 Å². The summed E-state index contributed by atoms with van der Waals surface area (Å²) in [6, 6.07) is 7.63. The van der Waals surface area contributed by atoms with Gasteiger partial charge < -0.3 is 10.1 Å². The van der Waals surface area contributed by atoms with Crippen LogP contribution in [-0.2, 0) is 4.74 Å². The van der Waals surface area contributed by atoms with Crippen molar-refractivity contribution in [3.63, 3.8) is 0 Å². The van der Waals surface area contributed by atoms with Crippen LogP contribution in [0.1, 0.15) is 31.2 Å². The Morgan fingerprint density at radius 1 is 1.35 bits per heavy atom. The fraction of sp³-hybridized carbons (Fsp3) is 0.571. The van der Waals surface area contributed by atoms with E-state index >= 15 is 0 Å². The average molecular weight is 237 g/mol. The first-order valence-electron chi connectivity index (χ1n) is 6.36. The predicted octanol–water partition coefficient (Wildman–Crippen LogP) is 2.70. The Bertz CT molecular complexity index is 350.